The van der Waals surface area contributed by atoms with Crippen LogP contribution < -0.4 is 5.32 Å². The molecule has 0 saturated heterocycles. The fourth-order valence-electron chi connectivity index (χ4n) is 1.23. The summed E-state index contributed by atoms with van der Waals surface area (Å²) in [5.74, 6) is -0.589. The third-order valence-corrected chi connectivity index (χ3v) is 2.78. The molecular weight excluding hydrogens is 238 g/mol. The highest BCUT2D eigenvalue weighted by molar-refractivity contribution is 8.18. The van der Waals surface area contributed by atoms with Gasteiger partial charge in [0.15, 0.2) is 5.17 Å². The summed E-state index contributed by atoms with van der Waals surface area (Å²) in [5.41, 5.74) is 0.822. The highest BCUT2D eigenvalue weighted by Gasteiger charge is 2.22. The van der Waals surface area contributed by atoms with Gasteiger partial charge < -0.3 is 5.32 Å². The van der Waals surface area contributed by atoms with Crippen molar-refractivity contribution in [2.45, 2.75) is 6.92 Å². The molecule has 2 rings (SSSR count). The Hall–Kier alpha value is -1.95. The van der Waals surface area contributed by atoms with Crippen LogP contribution in [0.1, 0.15) is 12.5 Å². The molecule has 2 heterocycles. The van der Waals surface area contributed by atoms with Crippen LogP contribution in [0.5, 0.6) is 0 Å². The maximum Gasteiger partial charge on any atom is 0.286 e. The van der Waals surface area contributed by atoms with Crippen molar-refractivity contribution in [2.24, 2.45) is 4.99 Å². The maximum absolute atomic E-state index is 11.5. The average molecular weight is 247 g/mol. The molecule has 0 unspecified atom stereocenters. The Morgan fingerprint density at radius 2 is 2.35 bits per heavy atom. The zero-order chi connectivity index (χ0) is 12.3. The van der Waals surface area contributed by atoms with Crippen LogP contribution >= 0.6 is 11.8 Å². The minimum absolute atomic E-state index is 0.244. The first-order valence-corrected chi connectivity index (χ1v) is 5.67. The Bertz CT molecular complexity index is 523. The number of carbonyl (C=O) groups is 2. The Balaban J connectivity index is 2.14. The van der Waals surface area contributed by atoms with Crippen molar-refractivity contribution in [3.63, 3.8) is 0 Å². The second-order valence-corrected chi connectivity index (χ2v) is 4.33. The van der Waals surface area contributed by atoms with Crippen molar-refractivity contribution in [3.05, 3.63) is 35.0 Å². The molecule has 17 heavy (non-hydrogen) atoms. The fraction of sp³-hybridized carbons (Fsp3) is 0.0909. The largest absolute Gasteiger partial charge is 0.305 e. The van der Waals surface area contributed by atoms with Crippen molar-refractivity contribution in [1.82, 2.24) is 10.3 Å². The zero-order valence-corrected chi connectivity index (χ0v) is 9.82. The molecule has 0 fully saturated rings. The van der Waals surface area contributed by atoms with E-state index in [-0.39, 0.29) is 11.8 Å². The number of pyridine rings is 1. The van der Waals surface area contributed by atoms with Gasteiger partial charge in [-0.1, -0.05) is 6.07 Å². The predicted molar refractivity (Wildman–Crippen MR) is 66.1 cm³/mol. The number of thioether (sulfide) groups is 1. The summed E-state index contributed by atoms with van der Waals surface area (Å²) in [4.78, 5) is 30.5. The quantitative estimate of drug-likeness (QED) is 0.757. The van der Waals surface area contributed by atoms with Gasteiger partial charge >= 0.3 is 0 Å². The summed E-state index contributed by atoms with van der Waals surface area (Å²) in [6, 6.07) is 3.62. The lowest BCUT2D eigenvalue weighted by atomic mass is 10.2. The number of amides is 2. The van der Waals surface area contributed by atoms with E-state index in [2.05, 4.69) is 15.3 Å². The molecule has 1 aromatic rings. The van der Waals surface area contributed by atoms with E-state index in [4.69, 9.17) is 0 Å². The number of aliphatic imine (C=N–C) groups is 1. The van der Waals surface area contributed by atoms with Crippen LogP contribution in [0.4, 0.5) is 0 Å². The smallest absolute Gasteiger partial charge is 0.286 e. The highest BCUT2D eigenvalue weighted by Crippen LogP contribution is 2.27. The summed E-state index contributed by atoms with van der Waals surface area (Å²) in [5, 5.41) is 2.80. The summed E-state index contributed by atoms with van der Waals surface area (Å²) < 4.78 is 0. The van der Waals surface area contributed by atoms with Crippen molar-refractivity contribution in [2.75, 3.05) is 0 Å². The standard InChI is InChI=1S/C11H9N3O2S/c1-7(15)13-11-14-10(16)9(17-11)5-8-3-2-4-12-6-8/h2-6H,1H3,(H,13,14,15,16)/b9-5+. The van der Waals surface area contributed by atoms with Gasteiger partial charge in [0.25, 0.3) is 5.91 Å². The molecule has 1 aliphatic heterocycles. The average Bonchev–Trinajstić information content (AvgIpc) is 2.59. The van der Waals surface area contributed by atoms with Crippen LogP contribution in [0.15, 0.2) is 34.4 Å². The van der Waals surface area contributed by atoms with Gasteiger partial charge in [-0.3, -0.25) is 14.6 Å². The zero-order valence-electron chi connectivity index (χ0n) is 9.01. The SMILES string of the molecule is CC(=O)NC1=NC(=O)/C(=C\c2cccnc2)S1. The van der Waals surface area contributed by atoms with Crippen LogP contribution in [0.3, 0.4) is 0 Å². The van der Waals surface area contributed by atoms with E-state index in [1.807, 2.05) is 6.07 Å². The molecule has 0 atom stereocenters. The van der Waals surface area contributed by atoms with Gasteiger partial charge in [0.05, 0.1) is 4.91 Å². The van der Waals surface area contributed by atoms with Crippen LogP contribution in [0, 0.1) is 0 Å². The van der Waals surface area contributed by atoms with Gasteiger partial charge in [0.1, 0.15) is 0 Å². The molecular formula is C11H9N3O2S. The molecule has 0 bridgehead atoms. The van der Waals surface area contributed by atoms with Crippen molar-refractivity contribution >= 4 is 34.8 Å². The highest BCUT2D eigenvalue weighted by atomic mass is 32.2. The lowest BCUT2D eigenvalue weighted by Gasteiger charge is -1.97. The van der Waals surface area contributed by atoms with Gasteiger partial charge in [-0.2, -0.15) is 4.99 Å². The first kappa shape index (κ1) is 11.5. The monoisotopic (exact) mass is 247 g/mol. The Morgan fingerprint density at radius 1 is 1.53 bits per heavy atom. The molecule has 6 heteroatoms. The number of carbonyl (C=O) groups excluding carboxylic acids is 2. The lowest BCUT2D eigenvalue weighted by Crippen LogP contribution is -2.23. The third-order valence-electron chi connectivity index (χ3n) is 1.89. The number of hydrogen-bond acceptors (Lipinski definition) is 4. The van der Waals surface area contributed by atoms with E-state index in [0.717, 1.165) is 17.3 Å². The molecule has 0 radical (unpaired) electrons. The van der Waals surface area contributed by atoms with E-state index < -0.39 is 0 Å². The van der Waals surface area contributed by atoms with Gasteiger partial charge in [0.2, 0.25) is 5.91 Å². The Labute approximate surface area is 102 Å². The maximum atomic E-state index is 11.5. The first-order chi connectivity index (χ1) is 8.15. The molecule has 0 spiro atoms. The molecule has 0 aliphatic carbocycles. The molecule has 86 valence electrons. The topological polar surface area (TPSA) is 71.4 Å². The van der Waals surface area contributed by atoms with Crippen molar-refractivity contribution in [1.29, 1.82) is 0 Å². The third kappa shape index (κ3) is 3.01. The number of aromatic nitrogens is 1. The number of hydrogen-bond donors (Lipinski definition) is 1. The first-order valence-electron chi connectivity index (χ1n) is 4.85. The van der Waals surface area contributed by atoms with Gasteiger partial charge in [0, 0.05) is 19.3 Å². The van der Waals surface area contributed by atoms with Gasteiger partial charge in [-0.05, 0) is 29.5 Å². The molecule has 5 nitrogen and oxygen atoms in total. The van der Waals surface area contributed by atoms with Crippen LogP contribution in [0.2, 0.25) is 0 Å². The van der Waals surface area contributed by atoms with E-state index in [1.165, 1.54) is 6.92 Å². The minimum Gasteiger partial charge on any atom is -0.305 e. The summed E-state index contributed by atoms with van der Waals surface area (Å²) >= 11 is 1.14. The van der Waals surface area contributed by atoms with Crippen molar-refractivity contribution in [3.8, 4) is 0 Å². The Morgan fingerprint density at radius 3 is 3.00 bits per heavy atom. The summed E-state index contributed by atoms with van der Waals surface area (Å²) in [7, 11) is 0. The van der Waals surface area contributed by atoms with Crippen LogP contribution in [0.25, 0.3) is 6.08 Å². The number of nitrogens with zero attached hydrogens (tertiary/aromatic N) is 2. The number of amidine groups is 1. The molecule has 1 N–H and O–H groups in total. The van der Waals surface area contributed by atoms with E-state index in [9.17, 15) is 9.59 Å². The second-order valence-electron chi connectivity index (χ2n) is 3.30. The van der Waals surface area contributed by atoms with E-state index in [1.54, 1.807) is 24.5 Å². The van der Waals surface area contributed by atoms with Gasteiger partial charge in [-0.15, -0.1) is 0 Å². The number of nitrogens with one attached hydrogen (secondary N) is 1. The predicted octanol–water partition coefficient (Wildman–Crippen LogP) is 1.19. The van der Waals surface area contributed by atoms with Crippen LogP contribution in [-0.2, 0) is 9.59 Å². The normalized spacial score (nSPS) is 17.1. The van der Waals surface area contributed by atoms with E-state index >= 15 is 0 Å². The molecule has 1 aromatic heterocycles. The number of rotatable bonds is 1. The lowest BCUT2D eigenvalue weighted by molar-refractivity contribution is -0.117. The fourth-order valence-corrected chi connectivity index (χ4v) is 2.09. The van der Waals surface area contributed by atoms with Gasteiger partial charge in [-0.25, -0.2) is 0 Å². The molecule has 2 amide bonds. The van der Waals surface area contributed by atoms with Crippen molar-refractivity contribution < 1.29 is 9.59 Å². The second kappa shape index (κ2) is 4.92. The summed E-state index contributed by atoms with van der Waals surface area (Å²) in [6.45, 7) is 1.37. The molecule has 0 aromatic carbocycles. The van der Waals surface area contributed by atoms with Crippen LogP contribution in [-0.4, -0.2) is 22.0 Å². The molecule has 1 aliphatic rings. The Kier molecular flexibility index (Phi) is 3.34. The minimum atomic E-state index is -0.345. The summed E-state index contributed by atoms with van der Waals surface area (Å²) in [6.07, 6.45) is 5.00. The molecule has 0 saturated carbocycles. The van der Waals surface area contributed by atoms with E-state index in [0.29, 0.717) is 10.1 Å².